The van der Waals surface area contributed by atoms with E-state index in [1.165, 1.54) is 12.1 Å². The molecule has 2 aromatic carbocycles. The molecule has 0 radical (unpaired) electrons. The fourth-order valence-electron chi connectivity index (χ4n) is 2.39. The molecule has 6 nitrogen and oxygen atoms in total. The van der Waals surface area contributed by atoms with Gasteiger partial charge in [0.15, 0.2) is 0 Å². The maximum absolute atomic E-state index is 13.0. The quantitative estimate of drug-likeness (QED) is 0.535. The first-order valence-corrected chi connectivity index (χ1v) is 11.1. The Morgan fingerprint density at radius 1 is 1.03 bits per heavy atom. The fraction of sp³-hybridized carbons (Fsp3) is 0.316. The van der Waals surface area contributed by atoms with Crippen LogP contribution in [0.3, 0.4) is 0 Å². The molecule has 0 atom stereocenters. The Hall–Kier alpha value is -1.67. The first kappa shape index (κ1) is 23.6. The van der Waals surface area contributed by atoms with Crippen LogP contribution >= 0.6 is 34.8 Å². The van der Waals surface area contributed by atoms with E-state index in [-0.39, 0.29) is 17.9 Å². The molecular formula is C19H20Cl3NO5S. The summed E-state index contributed by atoms with van der Waals surface area (Å²) in [4.78, 5) is 12.5. The number of benzene rings is 2. The molecule has 2 rings (SSSR count). The van der Waals surface area contributed by atoms with Crippen molar-refractivity contribution in [1.82, 2.24) is 4.31 Å². The number of ether oxygens (including phenoxy) is 2. The summed E-state index contributed by atoms with van der Waals surface area (Å²) in [6.45, 7) is 1.09. The minimum Gasteiger partial charge on any atom is -0.497 e. The largest absolute Gasteiger partial charge is 0.497 e. The zero-order valence-corrected chi connectivity index (χ0v) is 18.9. The van der Waals surface area contributed by atoms with Gasteiger partial charge in [-0.05, 0) is 43.2 Å². The molecule has 0 saturated carbocycles. The third kappa shape index (κ3) is 6.96. The number of amides is 1. The van der Waals surface area contributed by atoms with Crippen LogP contribution in [0.25, 0.3) is 0 Å². The van der Waals surface area contributed by atoms with Gasteiger partial charge in [-0.3, -0.25) is 0 Å². The number of methoxy groups -OCH3 is 1. The number of nitrogens with zero attached hydrogens (tertiary/aromatic N) is 1. The van der Waals surface area contributed by atoms with Gasteiger partial charge in [-0.25, -0.2) is 17.5 Å². The van der Waals surface area contributed by atoms with Crippen molar-refractivity contribution in [2.24, 2.45) is 0 Å². The van der Waals surface area contributed by atoms with Gasteiger partial charge < -0.3 is 9.47 Å². The van der Waals surface area contributed by atoms with E-state index < -0.39 is 26.5 Å². The fourth-order valence-corrected chi connectivity index (χ4v) is 3.86. The molecule has 1 amide bonds. The van der Waals surface area contributed by atoms with Crippen molar-refractivity contribution in [2.75, 3.05) is 20.3 Å². The number of carbonyl (C=O) groups excluding carboxylic acids is 1. The predicted octanol–water partition coefficient (Wildman–Crippen LogP) is 4.74. The molecule has 0 N–H and O–H groups in total. The number of halogens is 3. The van der Waals surface area contributed by atoms with E-state index in [0.29, 0.717) is 10.1 Å². The molecule has 2 aromatic rings. The summed E-state index contributed by atoms with van der Waals surface area (Å²) in [6.07, 6.45) is -0.858. The van der Waals surface area contributed by atoms with Gasteiger partial charge in [0.05, 0.1) is 12.0 Å². The van der Waals surface area contributed by atoms with Crippen molar-refractivity contribution in [1.29, 1.82) is 0 Å². The molecule has 0 aliphatic carbocycles. The molecule has 0 saturated heterocycles. The summed E-state index contributed by atoms with van der Waals surface area (Å²) in [5.41, 5.74) is 1.69. The average Bonchev–Trinajstić information content (AvgIpc) is 2.66. The Labute approximate surface area is 185 Å². The second-order valence-electron chi connectivity index (χ2n) is 6.16. The van der Waals surface area contributed by atoms with Gasteiger partial charge in [0.1, 0.15) is 12.4 Å². The van der Waals surface area contributed by atoms with E-state index in [2.05, 4.69) is 0 Å². The van der Waals surface area contributed by atoms with Crippen LogP contribution in [-0.2, 0) is 21.2 Å². The highest BCUT2D eigenvalue weighted by Gasteiger charge is 2.32. The highest BCUT2D eigenvalue weighted by atomic mass is 35.6. The summed E-state index contributed by atoms with van der Waals surface area (Å²) in [5, 5.41) is 0. The Morgan fingerprint density at radius 3 is 2.14 bits per heavy atom. The highest BCUT2D eigenvalue weighted by Crippen LogP contribution is 2.27. The number of carbonyl (C=O) groups is 1. The van der Waals surface area contributed by atoms with Crippen molar-refractivity contribution < 1.29 is 22.7 Å². The van der Waals surface area contributed by atoms with Crippen molar-refractivity contribution in [3.63, 3.8) is 0 Å². The number of aryl methyl sites for hydroxylation is 1. The maximum atomic E-state index is 13.0. The third-order valence-electron chi connectivity index (χ3n) is 3.93. The molecular weight excluding hydrogens is 461 g/mol. The smallest absolute Gasteiger partial charge is 0.423 e. The molecule has 0 heterocycles. The second kappa shape index (κ2) is 9.89. The number of hydrogen-bond acceptors (Lipinski definition) is 5. The van der Waals surface area contributed by atoms with Gasteiger partial charge in [0, 0.05) is 6.54 Å². The third-order valence-corrected chi connectivity index (χ3v) is 6.04. The number of hydrogen-bond donors (Lipinski definition) is 0. The molecule has 0 spiro atoms. The molecule has 29 heavy (non-hydrogen) atoms. The summed E-state index contributed by atoms with van der Waals surface area (Å²) in [6, 6.07) is 13.2. The van der Waals surface area contributed by atoms with Crippen LogP contribution in [0.15, 0.2) is 53.4 Å². The lowest BCUT2D eigenvalue weighted by Crippen LogP contribution is -2.40. The van der Waals surface area contributed by atoms with Gasteiger partial charge in [-0.15, -0.1) is 0 Å². The summed E-state index contributed by atoms with van der Waals surface area (Å²) in [5.74, 6) is 0.667. The summed E-state index contributed by atoms with van der Waals surface area (Å²) < 4.78 is 34.9. The van der Waals surface area contributed by atoms with Gasteiger partial charge in [0.25, 0.3) is 10.0 Å². The minimum atomic E-state index is -4.16. The van der Waals surface area contributed by atoms with E-state index in [1.54, 1.807) is 43.5 Å². The van der Waals surface area contributed by atoms with Crippen LogP contribution in [0.2, 0.25) is 0 Å². The van der Waals surface area contributed by atoms with Crippen LogP contribution in [0.5, 0.6) is 5.75 Å². The normalized spacial score (nSPS) is 11.8. The van der Waals surface area contributed by atoms with E-state index in [0.717, 1.165) is 11.1 Å². The van der Waals surface area contributed by atoms with E-state index in [4.69, 9.17) is 44.3 Å². The molecule has 158 valence electrons. The van der Waals surface area contributed by atoms with Gasteiger partial charge in [-0.1, -0.05) is 64.6 Å². The molecule has 0 aliphatic heterocycles. The highest BCUT2D eigenvalue weighted by molar-refractivity contribution is 7.89. The first-order valence-electron chi connectivity index (χ1n) is 8.49. The van der Waals surface area contributed by atoms with Gasteiger partial charge in [0.2, 0.25) is 3.79 Å². The Kier molecular flexibility index (Phi) is 8.05. The van der Waals surface area contributed by atoms with Crippen LogP contribution < -0.4 is 4.74 Å². The van der Waals surface area contributed by atoms with Crippen LogP contribution in [0.1, 0.15) is 11.1 Å². The minimum absolute atomic E-state index is 0.0383. The van der Waals surface area contributed by atoms with Crippen molar-refractivity contribution in [3.8, 4) is 5.75 Å². The lowest BCUT2D eigenvalue weighted by molar-refractivity contribution is 0.127. The van der Waals surface area contributed by atoms with Crippen molar-refractivity contribution >= 4 is 50.9 Å². The van der Waals surface area contributed by atoms with Crippen molar-refractivity contribution in [3.05, 3.63) is 59.7 Å². The standard InChI is InChI=1S/C19H20Cl3NO5S/c1-14-3-9-17(10-4-14)29(25,26)23(18(24)28-13-19(20,21)22)12-11-15-5-7-16(27-2)8-6-15/h3-10H,11-13H2,1-2H3. The second-order valence-corrected chi connectivity index (χ2v) is 10.5. The Balaban J connectivity index is 2.26. The van der Waals surface area contributed by atoms with Gasteiger partial charge in [-0.2, -0.15) is 0 Å². The lowest BCUT2D eigenvalue weighted by atomic mass is 10.1. The first-order chi connectivity index (χ1) is 13.5. The van der Waals surface area contributed by atoms with E-state index in [1.807, 2.05) is 6.92 Å². The SMILES string of the molecule is COc1ccc(CCN(C(=O)OCC(Cl)(Cl)Cl)S(=O)(=O)c2ccc(C)cc2)cc1. The van der Waals surface area contributed by atoms with Gasteiger partial charge >= 0.3 is 6.09 Å². The lowest BCUT2D eigenvalue weighted by Gasteiger charge is -2.23. The van der Waals surface area contributed by atoms with Crippen molar-refractivity contribution in [2.45, 2.75) is 22.0 Å². The van der Waals surface area contributed by atoms with E-state index in [9.17, 15) is 13.2 Å². The Morgan fingerprint density at radius 2 is 1.62 bits per heavy atom. The summed E-state index contributed by atoms with van der Waals surface area (Å²) in [7, 11) is -2.62. The maximum Gasteiger partial charge on any atom is 0.423 e. The van der Waals surface area contributed by atoms with Crippen LogP contribution in [-0.4, -0.2) is 42.9 Å². The molecule has 0 fully saturated rings. The Bertz CT molecular complexity index is 926. The number of alkyl halides is 3. The zero-order valence-electron chi connectivity index (χ0n) is 15.8. The topological polar surface area (TPSA) is 72.9 Å². The summed E-state index contributed by atoms with van der Waals surface area (Å²) >= 11 is 16.8. The molecule has 0 bridgehead atoms. The molecule has 0 unspecified atom stereocenters. The molecule has 0 aliphatic rings. The molecule has 10 heteroatoms. The van der Waals surface area contributed by atoms with E-state index >= 15 is 0 Å². The number of rotatable bonds is 7. The predicted molar refractivity (Wildman–Crippen MR) is 113 cm³/mol. The average molecular weight is 481 g/mol. The monoisotopic (exact) mass is 479 g/mol. The number of sulfonamides is 1. The zero-order chi connectivity index (χ0) is 21.7. The van der Waals surface area contributed by atoms with Crippen LogP contribution in [0.4, 0.5) is 4.79 Å². The molecule has 0 aromatic heterocycles. The van der Waals surface area contributed by atoms with Crippen LogP contribution in [0, 0.1) is 6.92 Å².